The van der Waals surface area contributed by atoms with E-state index >= 15 is 0 Å². The lowest BCUT2D eigenvalue weighted by Crippen LogP contribution is -2.29. The van der Waals surface area contributed by atoms with Gasteiger partial charge < -0.3 is 0 Å². The van der Waals surface area contributed by atoms with Crippen molar-refractivity contribution < 1.29 is 0 Å². The van der Waals surface area contributed by atoms with Crippen molar-refractivity contribution in [3.8, 4) is 0 Å². The number of hydrogen-bond acceptors (Lipinski definition) is 4. The second-order valence-corrected chi connectivity index (χ2v) is 6.00. The normalized spacial score (nSPS) is 12.9. The van der Waals surface area contributed by atoms with E-state index in [2.05, 4.69) is 32.4 Å². The second kappa shape index (κ2) is 5.42. The molecule has 0 fully saturated rings. The number of thiazole rings is 1. The number of hydrazine groups is 1. The van der Waals surface area contributed by atoms with Crippen molar-refractivity contribution >= 4 is 32.2 Å². The van der Waals surface area contributed by atoms with Crippen LogP contribution in [-0.2, 0) is 6.42 Å². The molecule has 98 valence electrons. The summed E-state index contributed by atoms with van der Waals surface area (Å²) in [4.78, 5) is 5.60. The van der Waals surface area contributed by atoms with E-state index in [0.717, 1.165) is 27.1 Å². The van der Waals surface area contributed by atoms with Crippen LogP contribution in [0.3, 0.4) is 0 Å². The molecule has 0 radical (unpaired) electrons. The van der Waals surface area contributed by atoms with Crippen molar-refractivity contribution in [3.63, 3.8) is 0 Å². The van der Waals surface area contributed by atoms with Crippen LogP contribution in [0, 0.1) is 0 Å². The zero-order valence-corrected chi connectivity index (χ0v) is 12.5. The molecule has 0 bridgehead atoms. The Morgan fingerprint density at radius 3 is 3.00 bits per heavy atom. The van der Waals surface area contributed by atoms with Crippen molar-refractivity contribution in [3.05, 3.63) is 57.8 Å². The first kappa shape index (κ1) is 12.8. The number of halogens is 1. The van der Waals surface area contributed by atoms with Crippen LogP contribution in [-0.4, -0.2) is 9.38 Å². The highest BCUT2D eigenvalue weighted by atomic mass is 79.9. The van der Waals surface area contributed by atoms with Crippen LogP contribution in [0.1, 0.15) is 17.3 Å². The van der Waals surface area contributed by atoms with Gasteiger partial charge in [-0.2, -0.15) is 0 Å². The molecule has 1 atom stereocenters. The number of hydrogen-bond donors (Lipinski definition) is 2. The predicted octanol–water partition coefficient (Wildman–Crippen LogP) is 2.91. The highest BCUT2D eigenvalue weighted by Crippen LogP contribution is 2.25. The fourth-order valence-corrected chi connectivity index (χ4v) is 3.38. The van der Waals surface area contributed by atoms with Gasteiger partial charge in [0.15, 0.2) is 4.96 Å². The molecule has 2 heterocycles. The molecule has 0 saturated heterocycles. The third-order valence-corrected chi connectivity index (χ3v) is 4.53. The number of benzene rings is 1. The number of fused-ring (bicyclic) bond motifs is 1. The van der Waals surface area contributed by atoms with E-state index in [1.165, 1.54) is 0 Å². The smallest absolute Gasteiger partial charge is 0.193 e. The molecular weight excluding hydrogens is 324 g/mol. The fourth-order valence-electron chi connectivity index (χ4n) is 2.10. The summed E-state index contributed by atoms with van der Waals surface area (Å²) in [7, 11) is 0. The predicted molar refractivity (Wildman–Crippen MR) is 81.0 cm³/mol. The Hall–Kier alpha value is -1.21. The van der Waals surface area contributed by atoms with Crippen molar-refractivity contribution in [2.24, 2.45) is 5.84 Å². The van der Waals surface area contributed by atoms with E-state index in [0.29, 0.717) is 0 Å². The Kier molecular flexibility index (Phi) is 3.65. The van der Waals surface area contributed by atoms with E-state index in [-0.39, 0.29) is 6.04 Å². The van der Waals surface area contributed by atoms with E-state index < -0.39 is 0 Å². The number of nitrogens with one attached hydrogen (secondary N) is 1. The van der Waals surface area contributed by atoms with Gasteiger partial charge in [0.05, 0.1) is 11.7 Å². The van der Waals surface area contributed by atoms with E-state index in [1.54, 1.807) is 11.3 Å². The van der Waals surface area contributed by atoms with Crippen LogP contribution in [0.5, 0.6) is 0 Å². The number of rotatable bonds is 4. The molecule has 6 heteroatoms. The summed E-state index contributed by atoms with van der Waals surface area (Å²) >= 11 is 5.19. The molecule has 0 amide bonds. The summed E-state index contributed by atoms with van der Waals surface area (Å²) in [5.41, 5.74) is 5.04. The monoisotopic (exact) mass is 336 g/mol. The lowest BCUT2D eigenvalue weighted by molar-refractivity contribution is 0.545. The highest BCUT2D eigenvalue weighted by Gasteiger charge is 2.15. The Labute approximate surface area is 123 Å². The van der Waals surface area contributed by atoms with Crippen molar-refractivity contribution in [1.82, 2.24) is 14.8 Å². The Morgan fingerprint density at radius 2 is 2.26 bits per heavy atom. The lowest BCUT2D eigenvalue weighted by Gasteiger charge is -2.16. The third-order valence-electron chi connectivity index (χ3n) is 3.04. The first-order valence-electron chi connectivity index (χ1n) is 5.89. The average Bonchev–Trinajstić information content (AvgIpc) is 2.97. The highest BCUT2D eigenvalue weighted by molar-refractivity contribution is 9.10. The third kappa shape index (κ3) is 2.57. The van der Waals surface area contributed by atoms with Gasteiger partial charge in [0, 0.05) is 28.7 Å². The summed E-state index contributed by atoms with van der Waals surface area (Å²) in [6, 6.07) is 8.13. The van der Waals surface area contributed by atoms with E-state index in [9.17, 15) is 0 Å². The molecule has 3 rings (SSSR count). The van der Waals surface area contributed by atoms with Gasteiger partial charge in [-0.05, 0) is 11.6 Å². The first-order valence-corrected chi connectivity index (χ1v) is 7.57. The maximum absolute atomic E-state index is 5.69. The van der Waals surface area contributed by atoms with Gasteiger partial charge in [-0.15, -0.1) is 11.3 Å². The lowest BCUT2D eigenvalue weighted by atomic mass is 10.0. The number of nitrogens with zero attached hydrogens (tertiary/aromatic N) is 2. The van der Waals surface area contributed by atoms with Gasteiger partial charge in [0.25, 0.3) is 0 Å². The Bertz CT molecular complexity index is 662. The van der Waals surface area contributed by atoms with Crippen LogP contribution < -0.4 is 11.3 Å². The minimum atomic E-state index is 0.0418. The molecule has 19 heavy (non-hydrogen) atoms. The summed E-state index contributed by atoms with van der Waals surface area (Å²) in [5, 5.41) is 2.03. The molecule has 4 nitrogen and oxygen atoms in total. The van der Waals surface area contributed by atoms with E-state index in [1.807, 2.05) is 40.4 Å². The first-order chi connectivity index (χ1) is 9.28. The fraction of sp³-hybridized carbons (Fsp3) is 0.154. The van der Waals surface area contributed by atoms with Gasteiger partial charge in [-0.3, -0.25) is 15.7 Å². The standard InChI is InChI=1S/C13H13BrN4S/c14-11-4-2-1-3-10(11)12(17-15)7-9-8-18-5-6-19-13(18)16-9/h1-6,8,12,17H,7,15H2. The molecule has 0 spiro atoms. The van der Waals surface area contributed by atoms with Crippen LogP contribution in [0.15, 0.2) is 46.5 Å². The summed E-state index contributed by atoms with van der Waals surface area (Å²) in [6.07, 6.45) is 4.82. The van der Waals surface area contributed by atoms with E-state index in [4.69, 9.17) is 5.84 Å². The molecule has 0 aliphatic rings. The zero-order valence-electron chi connectivity index (χ0n) is 10.1. The average molecular weight is 337 g/mol. The number of aromatic nitrogens is 2. The molecule has 1 aromatic carbocycles. The SMILES string of the molecule is NNC(Cc1cn2ccsc2n1)c1ccccc1Br. The minimum Gasteiger partial charge on any atom is -0.297 e. The maximum Gasteiger partial charge on any atom is 0.193 e. The van der Waals surface area contributed by atoms with Gasteiger partial charge in [0.2, 0.25) is 0 Å². The molecule has 2 aromatic heterocycles. The van der Waals surface area contributed by atoms with Crippen LogP contribution >= 0.6 is 27.3 Å². The second-order valence-electron chi connectivity index (χ2n) is 4.27. The topological polar surface area (TPSA) is 55.3 Å². The molecular formula is C13H13BrN4S. The molecule has 0 saturated carbocycles. The molecule has 0 aliphatic carbocycles. The quantitative estimate of drug-likeness (QED) is 0.569. The molecule has 0 aliphatic heterocycles. The van der Waals surface area contributed by atoms with Crippen molar-refractivity contribution in [1.29, 1.82) is 0 Å². The number of nitrogens with two attached hydrogens (primary N) is 1. The van der Waals surface area contributed by atoms with Gasteiger partial charge >= 0.3 is 0 Å². The summed E-state index contributed by atoms with van der Waals surface area (Å²) in [6.45, 7) is 0. The van der Waals surface area contributed by atoms with Crippen LogP contribution in [0.2, 0.25) is 0 Å². The Morgan fingerprint density at radius 1 is 1.42 bits per heavy atom. The van der Waals surface area contributed by atoms with Crippen molar-refractivity contribution in [2.45, 2.75) is 12.5 Å². The van der Waals surface area contributed by atoms with Gasteiger partial charge in [-0.25, -0.2) is 4.98 Å². The molecule has 1 unspecified atom stereocenters. The minimum absolute atomic E-state index is 0.0418. The maximum atomic E-state index is 5.69. The van der Waals surface area contributed by atoms with Crippen LogP contribution in [0.4, 0.5) is 0 Å². The number of imidazole rings is 1. The van der Waals surface area contributed by atoms with Gasteiger partial charge in [-0.1, -0.05) is 34.1 Å². The summed E-state index contributed by atoms with van der Waals surface area (Å²) in [5.74, 6) is 5.69. The molecule has 3 aromatic rings. The van der Waals surface area contributed by atoms with Crippen LogP contribution in [0.25, 0.3) is 4.96 Å². The van der Waals surface area contributed by atoms with Crippen molar-refractivity contribution in [2.75, 3.05) is 0 Å². The largest absolute Gasteiger partial charge is 0.297 e. The molecule has 3 N–H and O–H groups in total. The Balaban J connectivity index is 1.87. The van der Waals surface area contributed by atoms with Gasteiger partial charge in [0.1, 0.15) is 0 Å². The zero-order chi connectivity index (χ0) is 13.2. The summed E-state index contributed by atoms with van der Waals surface area (Å²) < 4.78 is 3.09.